The van der Waals surface area contributed by atoms with Gasteiger partial charge in [-0.1, -0.05) is 52.3 Å². The Balaban J connectivity index is 1.57. The van der Waals surface area contributed by atoms with Crippen molar-refractivity contribution >= 4 is 21.8 Å². The van der Waals surface area contributed by atoms with Gasteiger partial charge < -0.3 is 9.73 Å². The normalized spacial score (nSPS) is 10.6. The molecule has 3 N–H and O–H groups in total. The number of benzene rings is 2. The third-order valence-corrected chi connectivity index (χ3v) is 4.27. The van der Waals surface area contributed by atoms with Crippen molar-refractivity contribution in [3.05, 3.63) is 82.0 Å². The summed E-state index contributed by atoms with van der Waals surface area (Å²) in [7, 11) is 0. The molecule has 1 amide bonds. The first-order valence-corrected chi connectivity index (χ1v) is 8.54. The second-order valence-corrected chi connectivity index (χ2v) is 6.45. The van der Waals surface area contributed by atoms with Crippen molar-refractivity contribution in [1.82, 2.24) is 10.8 Å². The van der Waals surface area contributed by atoms with E-state index in [0.29, 0.717) is 5.76 Å². The Labute approximate surface area is 153 Å². The number of nitrogens with one attached hydrogen (secondary N) is 2. The molecule has 0 saturated carbocycles. The molecular formula is C19H17BrN2O3. The quantitative estimate of drug-likeness (QED) is 0.429. The van der Waals surface area contributed by atoms with E-state index in [1.807, 2.05) is 36.4 Å². The molecule has 0 saturated heterocycles. The number of hydroxylamine groups is 1. The van der Waals surface area contributed by atoms with Gasteiger partial charge in [-0.2, -0.15) is 0 Å². The second kappa shape index (κ2) is 8.11. The summed E-state index contributed by atoms with van der Waals surface area (Å²) in [5, 5.41) is 12.0. The molecule has 0 radical (unpaired) electrons. The largest absolute Gasteiger partial charge is 0.451 e. The number of carbonyl (C=O) groups excluding carboxylic acids is 1. The van der Waals surface area contributed by atoms with E-state index in [9.17, 15) is 4.79 Å². The van der Waals surface area contributed by atoms with Gasteiger partial charge in [0.05, 0.1) is 0 Å². The van der Waals surface area contributed by atoms with E-state index < -0.39 is 5.91 Å². The molecule has 0 atom stereocenters. The average molecular weight is 401 g/mol. The minimum atomic E-state index is -0.667. The van der Waals surface area contributed by atoms with Gasteiger partial charge in [0.1, 0.15) is 5.76 Å². The molecule has 3 aromatic rings. The number of hydrogen-bond acceptors (Lipinski definition) is 4. The molecule has 0 aliphatic rings. The number of carbonyl (C=O) groups is 1. The Bertz CT molecular complexity index is 842. The van der Waals surface area contributed by atoms with Gasteiger partial charge in [-0.15, -0.1) is 0 Å². The van der Waals surface area contributed by atoms with Crippen molar-refractivity contribution in [3.8, 4) is 11.3 Å². The van der Waals surface area contributed by atoms with Crippen molar-refractivity contribution in [2.75, 3.05) is 0 Å². The highest BCUT2D eigenvalue weighted by Gasteiger charge is 2.11. The molecule has 0 aliphatic heterocycles. The van der Waals surface area contributed by atoms with E-state index in [2.05, 4.69) is 33.4 Å². The Hall–Kier alpha value is -2.41. The zero-order valence-corrected chi connectivity index (χ0v) is 14.9. The maximum Gasteiger partial charge on any atom is 0.310 e. The van der Waals surface area contributed by atoms with Gasteiger partial charge in [0.15, 0.2) is 5.76 Å². The van der Waals surface area contributed by atoms with E-state index in [0.717, 1.165) is 28.7 Å². The lowest BCUT2D eigenvalue weighted by Crippen LogP contribution is -2.17. The van der Waals surface area contributed by atoms with Crippen LogP contribution in [-0.2, 0) is 13.1 Å². The van der Waals surface area contributed by atoms with Gasteiger partial charge >= 0.3 is 5.91 Å². The fraction of sp³-hybridized carbons (Fsp3) is 0.105. The molecule has 0 spiro atoms. The SMILES string of the molecule is O=C(NO)c1ccc(-c2ccc(CNCc3ccc(Br)cc3)cc2)o1. The van der Waals surface area contributed by atoms with Crippen molar-refractivity contribution in [2.45, 2.75) is 13.1 Å². The Morgan fingerprint density at radius 2 is 1.52 bits per heavy atom. The summed E-state index contributed by atoms with van der Waals surface area (Å²) in [6, 6.07) is 19.3. The fourth-order valence-corrected chi connectivity index (χ4v) is 2.67. The first-order valence-electron chi connectivity index (χ1n) is 7.74. The third-order valence-electron chi connectivity index (χ3n) is 3.74. The molecular weight excluding hydrogens is 384 g/mol. The molecule has 0 unspecified atom stereocenters. The van der Waals surface area contributed by atoms with Crippen molar-refractivity contribution in [2.24, 2.45) is 0 Å². The molecule has 1 aromatic heterocycles. The van der Waals surface area contributed by atoms with Crippen LogP contribution < -0.4 is 10.8 Å². The number of halogens is 1. The van der Waals surface area contributed by atoms with Crippen LogP contribution in [0.3, 0.4) is 0 Å². The molecule has 25 heavy (non-hydrogen) atoms. The van der Waals surface area contributed by atoms with Crippen LogP contribution in [0.1, 0.15) is 21.7 Å². The van der Waals surface area contributed by atoms with Crippen LogP contribution in [0.15, 0.2) is 69.6 Å². The maximum absolute atomic E-state index is 11.3. The third kappa shape index (κ3) is 4.57. The van der Waals surface area contributed by atoms with Gasteiger partial charge in [0, 0.05) is 23.1 Å². The standard InChI is InChI=1S/C19H17BrN2O3/c20-16-7-3-14(4-8-16)12-21-11-13-1-5-15(6-2-13)17-9-10-18(25-17)19(23)22-24/h1-10,21,24H,11-12H2,(H,22,23). The van der Waals surface area contributed by atoms with E-state index in [-0.39, 0.29) is 5.76 Å². The van der Waals surface area contributed by atoms with Gasteiger partial charge in [-0.3, -0.25) is 10.0 Å². The van der Waals surface area contributed by atoms with E-state index >= 15 is 0 Å². The summed E-state index contributed by atoms with van der Waals surface area (Å²) >= 11 is 3.43. The minimum absolute atomic E-state index is 0.0674. The number of rotatable bonds is 6. The first-order chi connectivity index (χ1) is 12.2. The number of hydrogen-bond donors (Lipinski definition) is 3. The van der Waals surface area contributed by atoms with Crippen LogP contribution in [0.25, 0.3) is 11.3 Å². The van der Waals surface area contributed by atoms with E-state index in [1.54, 1.807) is 11.5 Å². The van der Waals surface area contributed by atoms with Gasteiger partial charge in [0.25, 0.3) is 0 Å². The first kappa shape index (κ1) is 17.4. The lowest BCUT2D eigenvalue weighted by Gasteiger charge is -2.06. The van der Waals surface area contributed by atoms with Crippen molar-refractivity contribution < 1.29 is 14.4 Å². The summed E-state index contributed by atoms with van der Waals surface area (Å²) in [5.74, 6) is -0.0225. The van der Waals surface area contributed by atoms with E-state index in [4.69, 9.17) is 9.62 Å². The lowest BCUT2D eigenvalue weighted by molar-refractivity contribution is 0.0677. The Morgan fingerprint density at radius 3 is 2.12 bits per heavy atom. The van der Waals surface area contributed by atoms with Gasteiger partial charge in [0.2, 0.25) is 0 Å². The number of amides is 1. The Morgan fingerprint density at radius 1 is 0.920 bits per heavy atom. The molecule has 5 nitrogen and oxygen atoms in total. The molecule has 0 aliphatic carbocycles. The monoisotopic (exact) mass is 400 g/mol. The summed E-state index contributed by atoms with van der Waals surface area (Å²) in [6.07, 6.45) is 0. The molecule has 0 fully saturated rings. The summed E-state index contributed by atoms with van der Waals surface area (Å²) < 4.78 is 6.49. The second-order valence-electron chi connectivity index (χ2n) is 5.53. The van der Waals surface area contributed by atoms with Crippen LogP contribution in [0.4, 0.5) is 0 Å². The minimum Gasteiger partial charge on any atom is -0.451 e. The average Bonchev–Trinajstić information content (AvgIpc) is 3.13. The molecule has 128 valence electrons. The van der Waals surface area contributed by atoms with Gasteiger partial charge in [-0.25, -0.2) is 5.48 Å². The zero-order chi connectivity index (χ0) is 17.6. The van der Waals surface area contributed by atoms with Crippen LogP contribution >= 0.6 is 15.9 Å². The van der Waals surface area contributed by atoms with Crippen molar-refractivity contribution in [3.63, 3.8) is 0 Å². The van der Waals surface area contributed by atoms with Crippen molar-refractivity contribution in [1.29, 1.82) is 0 Å². The topological polar surface area (TPSA) is 74.5 Å². The van der Waals surface area contributed by atoms with E-state index in [1.165, 1.54) is 11.6 Å². The highest BCUT2D eigenvalue weighted by atomic mass is 79.9. The number of furan rings is 1. The van der Waals surface area contributed by atoms with Crippen LogP contribution in [0.5, 0.6) is 0 Å². The molecule has 3 rings (SSSR count). The molecule has 0 bridgehead atoms. The summed E-state index contributed by atoms with van der Waals surface area (Å²) in [4.78, 5) is 11.3. The fourth-order valence-electron chi connectivity index (χ4n) is 2.41. The highest BCUT2D eigenvalue weighted by molar-refractivity contribution is 9.10. The van der Waals surface area contributed by atoms with Crippen LogP contribution in [0, 0.1) is 0 Å². The van der Waals surface area contributed by atoms with Crippen LogP contribution in [-0.4, -0.2) is 11.1 Å². The molecule has 2 aromatic carbocycles. The maximum atomic E-state index is 11.3. The summed E-state index contributed by atoms with van der Waals surface area (Å²) in [5.41, 5.74) is 4.80. The predicted octanol–water partition coefficient (Wildman–Crippen LogP) is 4.12. The zero-order valence-electron chi connectivity index (χ0n) is 13.3. The molecule has 1 heterocycles. The Kier molecular flexibility index (Phi) is 5.65. The van der Waals surface area contributed by atoms with Gasteiger partial charge in [-0.05, 0) is 35.4 Å². The van der Waals surface area contributed by atoms with Crippen LogP contribution in [0.2, 0.25) is 0 Å². The smallest absolute Gasteiger partial charge is 0.310 e. The lowest BCUT2D eigenvalue weighted by atomic mass is 10.1. The summed E-state index contributed by atoms with van der Waals surface area (Å²) in [6.45, 7) is 1.56. The highest BCUT2D eigenvalue weighted by Crippen LogP contribution is 2.22. The molecule has 6 heteroatoms. The predicted molar refractivity (Wildman–Crippen MR) is 98.1 cm³/mol.